The van der Waals surface area contributed by atoms with Gasteiger partial charge < -0.3 is 4.74 Å². The van der Waals surface area contributed by atoms with Crippen molar-refractivity contribution < 1.29 is 13.9 Å². The van der Waals surface area contributed by atoms with E-state index in [1.807, 2.05) is 0 Å². The first-order valence-corrected chi connectivity index (χ1v) is 4.95. The Labute approximate surface area is 94.6 Å². The highest BCUT2D eigenvalue weighted by molar-refractivity contribution is 9.10. The van der Waals surface area contributed by atoms with Crippen LogP contribution in [0, 0.1) is 17.1 Å². The summed E-state index contributed by atoms with van der Waals surface area (Å²) in [5, 5.41) is 8.55. The van der Waals surface area contributed by atoms with Crippen LogP contribution >= 0.6 is 15.9 Å². The molecule has 0 aliphatic heterocycles. The SMILES string of the molecule is CCOC(=O)c1cc(F)c(C#N)cc1Br. The molecule has 5 heteroatoms. The number of nitrogens with zero attached hydrogens (tertiary/aromatic N) is 1. The van der Waals surface area contributed by atoms with E-state index >= 15 is 0 Å². The molecule has 15 heavy (non-hydrogen) atoms. The molecule has 0 atom stereocenters. The molecule has 0 bridgehead atoms. The highest BCUT2D eigenvalue weighted by Crippen LogP contribution is 2.21. The average molecular weight is 272 g/mol. The van der Waals surface area contributed by atoms with Crippen molar-refractivity contribution in [2.75, 3.05) is 6.61 Å². The zero-order valence-corrected chi connectivity index (χ0v) is 9.47. The van der Waals surface area contributed by atoms with Crippen molar-refractivity contribution in [3.8, 4) is 6.07 Å². The van der Waals surface area contributed by atoms with Gasteiger partial charge in [0.2, 0.25) is 0 Å². The van der Waals surface area contributed by atoms with Gasteiger partial charge in [-0.25, -0.2) is 9.18 Å². The Morgan fingerprint density at radius 1 is 1.67 bits per heavy atom. The maximum absolute atomic E-state index is 13.2. The summed E-state index contributed by atoms with van der Waals surface area (Å²) in [7, 11) is 0. The molecule has 0 N–H and O–H groups in total. The molecule has 3 nitrogen and oxygen atoms in total. The molecule has 1 aromatic carbocycles. The molecule has 0 heterocycles. The molecule has 0 unspecified atom stereocenters. The van der Waals surface area contributed by atoms with Crippen molar-refractivity contribution >= 4 is 21.9 Å². The van der Waals surface area contributed by atoms with Gasteiger partial charge in [-0.15, -0.1) is 0 Å². The fourth-order valence-corrected chi connectivity index (χ4v) is 1.50. The predicted octanol–water partition coefficient (Wildman–Crippen LogP) is 2.64. The summed E-state index contributed by atoms with van der Waals surface area (Å²) in [6, 6.07) is 3.92. The van der Waals surface area contributed by atoms with E-state index in [0.29, 0.717) is 4.47 Å². The van der Waals surface area contributed by atoms with Crippen LogP contribution in [0.1, 0.15) is 22.8 Å². The van der Waals surface area contributed by atoms with Gasteiger partial charge in [0.25, 0.3) is 0 Å². The normalized spacial score (nSPS) is 9.47. The van der Waals surface area contributed by atoms with Crippen LogP contribution in [0.4, 0.5) is 4.39 Å². The standard InChI is InChI=1S/C10H7BrFNO2/c1-2-15-10(14)7-4-9(12)6(5-13)3-8(7)11/h3-4H,2H2,1H3. The van der Waals surface area contributed by atoms with Crippen LogP contribution in [0.25, 0.3) is 0 Å². The quantitative estimate of drug-likeness (QED) is 0.777. The lowest BCUT2D eigenvalue weighted by atomic mass is 10.1. The third-order valence-electron chi connectivity index (χ3n) is 1.67. The second-order valence-corrected chi connectivity index (χ2v) is 3.50. The van der Waals surface area contributed by atoms with Crippen LogP contribution in [0.15, 0.2) is 16.6 Å². The topological polar surface area (TPSA) is 50.1 Å². The molecule has 0 saturated carbocycles. The molecule has 0 amide bonds. The van der Waals surface area contributed by atoms with E-state index in [1.165, 1.54) is 6.07 Å². The fourth-order valence-electron chi connectivity index (χ4n) is 0.998. The van der Waals surface area contributed by atoms with Gasteiger partial charge in [-0.1, -0.05) is 0 Å². The largest absolute Gasteiger partial charge is 0.462 e. The van der Waals surface area contributed by atoms with Crippen LogP contribution in [0.3, 0.4) is 0 Å². The number of rotatable bonds is 2. The molecule has 1 rings (SSSR count). The third kappa shape index (κ3) is 2.54. The van der Waals surface area contributed by atoms with Crippen LogP contribution in [-0.4, -0.2) is 12.6 Å². The second kappa shape index (κ2) is 4.89. The van der Waals surface area contributed by atoms with E-state index in [-0.39, 0.29) is 17.7 Å². The molecule has 0 fully saturated rings. The van der Waals surface area contributed by atoms with Crippen molar-refractivity contribution in [1.29, 1.82) is 5.26 Å². The summed E-state index contributed by atoms with van der Waals surface area (Å²) in [6.45, 7) is 1.87. The minimum absolute atomic E-state index is 0.0772. The van der Waals surface area contributed by atoms with E-state index in [2.05, 4.69) is 15.9 Å². The summed E-state index contributed by atoms with van der Waals surface area (Å²) >= 11 is 3.07. The van der Waals surface area contributed by atoms with Gasteiger partial charge in [0.15, 0.2) is 0 Å². The number of halogens is 2. The number of carbonyl (C=O) groups is 1. The predicted molar refractivity (Wildman–Crippen MR) is 54.8 cm³/mol. The number of ether oxygens (including phenoxy) is 1. The first-order chi connectivity index (χ1) is 7.10. The van der Waals surface area contributed by atoms with Crippen LogP contribution in [0.5, 0.6) is 0 Å². The molecule has 0 aliphatic carbocycles. The molecule has 0 aromatic heterocycles. The maximum Gasteiger partial charge on any atom is 0.339 e. The van der Waals surface area contributed by atoms with E-state index in [4.69, 9.17) is 10.00 Å². The Hall–Kier alpha value is -1.41. The zero-order chi connectivity index (χ0) is 11.4. The minimum atomic E-state index is -0.733. The van der Waals surface area contributed by atoms with Crippen LogP contribution in [-0.2, 0) is 4.74 Å². The summed E-state index contributed by atoms with van der Waals surface area (Å²) in [4.78, 5) is 11.3. The summed E-state index contributed by atoms with van der Waals surface area (Å²) < 4.78 is 18.2. The summed E-state index contributed by atoms with van der Waals surface area (Å²) in [6.07, 6.45) is 0. The molecule has 0 spiro atoms. The van der Waals surface area contributed by atoms with Crippen molar-refractivity contribution in [2.45, 2.75) is 6.92 Å². The average Bonchev–Trinajstić information content (AvgIpc) is 2.21. The van der Waals surface area contributed by atoms with Gasteiger partial charge >= 0.3 is 5.97 Å². The van der Waals surface area contributed by atoms with Gasteiger partial charge in [-0.2, -0.15) is 5.26 Å². The summed E-state index contributed by atoms with van der Waals surface area (Å²) in [5.74, 6) is -1.35. The van der Waals surface area contributed by atoms with E-state index in [9.17, 15) is 9.18 Å². The lowest BCUT2D eigenvalue weighted by molar-refractivity contribution is 0.0524. The van der Waals surface area contributed by atoms with Crippen LogP contribution < -0.4 is 0 Å². The first-order valence-electron chi connectivity index (χ1n) is 4.16. The van der Waals surface area contributed by atoms with Gasteiger partial charge in [-0.3, -0.25) is 0 Å². The van der Waals surface area contributed by atoms with E-state index < -0.39 is 11.8 Å². The minimum Gasteiger partial charge on any atom is -0.462 e. The van der Waals surface area contributed by atoms with Crippen LogP contribution in [0.2, 0.25) is 0 Å². The molecule has 0 aliphatic rings. The molecule has 78 valence electrons. The number of carbonyl (C=O) groups excluding carboxylic acids is 1. The van der Waals surface area contributed by atoms with Gasteiger partial charge in [0.05, 0.1) is 17.7 Å². The third-order valence-corrected chi connectivity index (χ3v) is 2.33. The lowest BCUT2D eigenvalue weighted by Crippen LogP contribution is -2.06. The number of hydrogen-bond acceptors (Lipinski definition) is 3. The highest BCUT2D eigenvalue weighted by atomic mass is 79.9. The van der Waals surface area contributed by atoms with Gasteiger partial charge in [-0.05, 0) is 35.0 Å². The van der Waals surface area contributed by atoms with Crippen molar-refractivity contribution in [2.24, 2.45) is 0 Å². The van der Waals surface area contributed by atoms with Gasteiger partial charge in [0, 0.05) is 4.47 Å². The van der Waals surface area contributed by atoms with E-state index in [0.717, 1.165) is 6.07 Å². The summed E-state index contributed by atoms with van der Waals surface area (Å²) in [5.41, 5.74) is -0.0386. The zero-order valence-electron chi connectivity index (χ0n) is 7.88. The van der Waals surface area contributed by atoms with Crippen molar-refractivity contribution in [3.63, 3.8) is 0 Å². The molecule has 0 radical (unpaired) electrons. The molecular formula is C10H7BrFNO2. The molecule has 1 aromatic rings. The highest BCUT2D eigenvalue weighted by Gasteiger charge is 2.15. The van der Waals surface area contributed by atoms with Crippen molar-refractivity contribution in [1.82, 2.24) is 0 Å². The number of hydrogen-bond donors (Lipinski definition) is 0. The fraction of sp³-hybridized carbons (Fsp3) is 0.200. The lowest BCUT2D eigenvalue weighted by Gasteiger charge is -2.04. The number of benzene rings is 1. The van der Waals surface area contributed by atoms with E-state index in [1.54, 1.807) is 13.0 Å². The Kier molecular flexibility index (Phi) is 3.81. The molecule has 0 saturated heterocycles. The Morgan fingerprint density at radius 3 is 2.87 bits per heavy atom. The van der Waals surface area contributed by atoms with Gasteiger partial charge in [0.1, 0.15) is 11.9 Å². The monoisotopic (exact) mass is 271 g/mol. The number of esters is 1. The molecular weight excluding hydrogens is 265 g/mol. The first kappa shape index (κ1) is 11.7. The smallest absolute Gasteiger partial charge is 0.339 e. The second-order valence-electron chi connectivity index (χ2n) is 2.64. The Balaban J connectivity index is 3.17. The maximum atomic E-state index is 13.2. The Bertz CT molecular complexity index is 440. The Morgan fingerprint density at radius 2 is 2.33 bits per heavy atom. The number of nitriles is 1. The van der Waals surface area contributed by atoms with Crippen molar-refractivity contribution in [3.05, 3.63) is 33.5 Å².